The fourth-order valence-electron chi connectivity index (χ4n) is 9.75. The maximum absolute atomic E-state index is 13.4. The second-order valence-corrected chi connectivity index (χ2v) is 22.0. The van der Waals surface area contributed by atoms with Gasteiger partial charge >= 0.3 is 12.1 Å². The number of amides is 6. The van der Waals surface area contributed by atoms with Crippen molar-refractivity contribution in [3.8, 4) is 11.8 Å². The normalized spacial score (nSPS) is 20.2. The molecule has 6 amide bonds. The quantitative estimate of drug-likeness (QED) is 0.0759. The first-order valence-electron chi connectivity index (χ1n) is 24.3. The lowest BCUT2D eigenvalue weighted by Gasteiger charge is -2.36. The molecule has 0 aromatic heterocycles. The predicted octanol–water partition coefficient (Wildman–Crippen LogP) is 2.64. The lowest BCUT2D eigenvalue weighted by Crippen LogP contribution is -2.50. The number of nitriles is 1. The number of piperazine rings is 1. The van der Waals surface area contributed by atoms with Crippen LogP contribution in [-0.4, -0.2) is 146 Å². The van der Waals surface area contributed by atoms with Gasteiger partial charge in [-0.3, -0.25) is 14.5 Å². The Balaban J connectivity index is 0.719. The van der Waals surface area contributed by atoms with E-state index in [2.05, 4.69) is 42.3 Å². The Morgan fingerprint density at radius 1 is 0.761 bits per heavy atom. The van der Waals surface area contributed by atoms with Gasteiger partial charge in [0.25, 0.3) is 0 Å². The summed E-state index contributed by atoms with van der Waals surface area (Å²) in [6, 6.07) is 17.5. The molecule has 1 aliphatic carbocycles. The Morgan fingerprint density at radius 3 is 1.97 bits per heavy atom. The molecule has 71 heavy (non-hydrogen) atoms. The van der Waals surface area contributed by atoms with Crippen molar-refractivity contribution in [2.45, 2.75) is 91.7 Å². The van der Waals surface area contributed by atoms with Gasteiger partial charge in [-0.15, -0.1) is 0 Å². The standard InChI is InChI=1S/C48H64ClN11O9S2/c49-35-27-34(30-50)40-29-42(58-25-21-52-22-26-58)46(41(40)28-35)69-37-11-13-38(14-12-37)71(67,68)57-36-16-24-60(32-36)45(62)10-6-20-56-48(64)54-18-4-3-17-53-47(63)55-19-5-9-44(61)59-23-15-33(31-59)39-7-1-2-8-43(39)70(51,65)66/h1-2,7-8,11-14,27-28,33,36,42,46,52,57H,3-6,9-10,15-26,29,31-32H2,(H2,51,65,66)(H2,53,55,63)(H2,54,56,64)/t33-,36+,42-,46-/m0/s1. The van der Waals surface area contributed by atoms with Gasteiger partial charge < -0.3 is 41.1 Å². The van der Waals surface area contributed by atoms with E-state index in [1.165, 1.54) is 18.2 Å². The fourth-order valence-corrected chi connectivity index (χ4v) is 12.1. The van der Waals surface area contributed by atoms with Crippen molar-refractivity contribution in [2.24, 2.45) is 5.14 Å². The van der Waals surface area contributed by atoms with E-state index in [4.69, 9.17) is 21.5 Å². The number of nitrogens with zero attached hydrogens (tertiary/aromatic N) is 4. The fraction of sp³-hybridized carbons (Fsp3) is 0.521. The molecular weight excluding hydrogens is 974 g/mol. The van der Waals surface area contributed by atoms with Gasteiger partial charge in [0, 0.05) is 108 Å². The summed E-state index contributed by atoms with van der Waals surface area (Å²) in [4.78, 5) is 56.1. The molecule has 8 N–H and O–H groups in total. The number of urea groups is 2. The average Bonchev–Trinajstić information content (AvgIpc) is 4.13. The van der Waals surface area contributed by atoms with E-state index in [9.17, 15) is 41.3 Å². The van der Waals surface area contributed by atoms with Gasteiger partial charge in [0.15, 0.2) is 0 Å². The molecule has 3 fully saturated rings. The summed E-state index contributed by atoms with van der Waals surface area (Å²) in [5.41, 5.74) is 2.94. The third-order valence-corrected chi connectivity index (χ3v) is 16.1. The van der Waals surface area contributed by atoms with E-state index in [0.29, 0.717) is 106 Å². The Labute approximate surface area is 420 Å². The maximum Gasteiger partial charge on any atom is 0.314 e. The first-order valence-corrected chi connectivity index (χ1v) is 27.7. The van der Waals surface area contributed by atoms with E-state index in [1.807, 2.05) is 6.07 Å². The van der Waals surface area contributed by atoms with Crippen LogP contribution in [0.15, 0.2) is 70.5 Å². The molecule has 23 heteroatoms. The molecule has 0 spiro atoms. The van der Waals surface area contributed by atoms with Crippen molar-refractivity contribution in [1.29, 1.82) is 5.26 Å². The van der Waals surface area contributed by atoms with Crippen molar-refractivity contribution in [1.82, 2.24) is 46.0 Å². The number of hydrogen-bond acceptors (Lipinski definition) is 12. The third kappa shape index (κ3) is 14.6. The van der Waals surface area contributed by atoms with E-state index < -0.39 is 32.2 Å². The van der Waals surface area contributed by atoms with Crippen molar-refractivity contribution in [3.63, 3.8) is 0 Å². The topological polar surface area (TPSA) is 278 Å². The number of hydrogen-bond donors (Lipinski definition) is 7. The van der Waals surface area contributed by atoms with Crippen LogP contribution in [0.4, 0.5) is 9.59 Å². The number of ether oxygens (including phenoxy) is 1. The predicted molar refractivity (Wildman–Crippen MR) is 265 cm³/mol. The van der Waals surface area contributed by atoms with Crippen LogP contribution in [0, 0.1) is 11.3 Å². The molecule has 3 heterocycles. The SMILES string of the molecule is N#Cc1cc(Cl)cc2c1C[C@H](N1CCNCC1)[C@H]2Oc1ccc(S(=O)(=O)N[C@@H]2CCN(C(=O)CCCNC(=O)NCCCCNC(=O)NCCCC(=O)N3CC[C@H](c4ccccc4S(N)(=O)=O)C3)C2)cc1. The molecule has 0 radical (unpaired) electrons. The number of halogens is 1. The molecule has 3 aromatic rings. The molecule has 3 aromatic carbocycles. The van der Waals surface area contributed by atoms with Crippen LogP contribution >= 0.6 is 11.6 Å². The van der Waals surface area contributed by atoms with E-state index in [-0.39, 0.29) is 71.6 Å². The van der Waals surface area contributed by atoms with Crippen molar-refractivity contribution < 1.29 is 40.8 Å². The summed E-state index contributed by atoms with van der Waals surface area (Å²) in [6.07, 6.45) is 3.88. The molecule has 0 unspecified atom stereocenters. The molecule has 4 aliphatic rings. The second kappa shape index (κ2) is 24.7. The van der Waals surface area contributed by atoms with Crippen LogP contribution < -0.4 is 41.2 Å². The molecule has 3 saturated heterocycles. The summed E-state index contributed by atoms with van der Waals surface area (Å²) in [6.45, 7) is 6.30. The van der Waals surface area contributed by atoms with Gasteiger partial charge in [0.1, 0.15) is 11.9 Å². The highest BCUT2D eigenvalue weighted by Crippen LogP contribution is 2.41. The Kier molecular flexibility index (Phi) is 18.6. The first kappa shape index (κ1) is 53.3. The molecule has 4 atom stereocenters. The number of carbonyl (C=O) groups is 4. The largest absolute Gasteiger partial charge is 0.484 e. The van der Waals surface area contributed by atoms with Crippen LogP contribution in [0.25, 0.3) is 0 Å². The molecule has 384 valence electrons. The summed E-state index contributed by atoms with van der Waals surface area (Å²) >= 11 is 6.42. The smallest absolute Gasteiger partial charge is 0.314 e. The van der Waals surface area contributed by atoms with E-state index >= 15 is 0 Å². The van der Waals surface area contributed by atoms with Crippen LogP contribution in [0.5, 0.6) is 5.75 Å². The number of primary sulfonamides is 1. The minimum absolute atomic E-state index is 0.0165. The Bertz CT molecular complexity index is 2650. The number of nitrogens with two attached hydrogens (primary N) is 1. The molecule has 0 bridgehead atoms. The Hall–Kier alpha value is -5.54. The van der Waals surface area contributed by atoms with Crippen molar-refractivity contribution in [2.75, 3.05) is 78.5 Å². The molecule has 20 nitrogen and oxygen atoms in total. The minimum atomic E-state index is -3.91. The van der Waals surface area contributed by atoms with Crippen molar-refractivity contribution >= 4 is 55.5 Å². The number of unbranched alkanes of at least 4 members (excludes halogenated alkanes) is 1. The molecule has 7 rings (SSSR count). The van der Waals surface area contributed by atoms with Gasteiger partial charge in [-0.1, -0.05) is 29.8 Å². The van der Waals surface area contributed by atoms with Gasteiger partial charge in [-0.2, -0.15) is 5.26 Å². The van der Waals surface area contributed by atoms with Crippen LogP contribution in [0.3, 0.4) is 0 Å². The van der Waals surface area contributed by atoms with Gasteiger partial charge in [-0.25, -0.2) is 36.3 Å². The number of rotatable bonds is 21. The third-order valence-electron chi connectivity index (χ3n) is 13.4. The number of likely N-dealkylation sites (tertiary alicyclic amines) is 2. The number of benzene rings is 3. The number of nitrogens with one attached hydrogen (secondary N) is 6. The first-order chi connectivity index (χ1) is 34.1. The number of fused-ring (bicyclic) bond motifs is 1. The highest BCUT2D eigenvalue weighted by atomic mass is 35.5. The molecular formula is C48H64ClN11O9S2. The lowest BCUT2D eigenvalue weighted by atomic mass is 9.98. The van der Waals surface area contributed by atoms with Crippen LogP contribution in [-0.2, 0) is 36.1 Å². The van der Waals surface area contributed by atoms with Crippen LogP contribution in [0.2, 0.25) is 5.02 Å². The van der Waals surface area contributed by atoms with Gasteiger partial charge in [-0.05, 0) is 104 Å². The molecule has 3 aliphatic heterocycles. The summed E-state index contributed by atoms with van der Waals surface area (Å²) in [7, 11) is -7.78. The monoisotopic (exact) mass is 1040 g/mol. The van der Waals surface area contributed by atoms with E-state index in [0.717, 1.165) is 37.3 Å². The maximum atomic E-state index is 13.4. The summed E-state index contributed by atoms with van der Waals surface area (Å²) in [5.74, 6) is 0.189. The highest BCUT2D eigenvalue weighted by molar-refractivity contribution is 7.89. The number of carbonyl (C=O) groups excluding carboxylic acids is 4. The number of sulfonamides is 2. The van der Waals surface area contributed by atoms with E-state index in [1.54, 1.807) is 46.2 Å². The average molecular weight is 1040 g/mol. The zero-order chi connectivity index (χ0) is 50.5. The minimum Gasteiger partial charge on any atom is -0.484 e. The van der Waals surface area contributed by atoms with Gasteiger partial charge in [0.05, 0.1) is 27.5 Å². The zero-order valence-corrected chi connectivity index (χ0v) is 42.1. The lowest BCUT2D eigenvalue weighted by molar-refractivity contribution is -0.131. The summed E-state index contributed by atoms with van der Waals surface area (Å²) in [5, 5.41) is 30.1. The van der Waals surface area contributed by atoms with Gasteiger partial charge in [0.2, 0.25) is 31.9 Å². The summed E-state index contributed by atoms with van der Waals surface area (Å²) < 4.78 is 60.2. The van der Waals surface area contributed by atoms with Crippen molar-refractivity contribution in [3.05, 3.63) is 87.9 Å². The zero-order valence-electron chi connectivity index (χ0n) is 39.7. The molecule has 0 saturated carbocycles. The highest BCUT2D eigenvalue weighted by Gasteiger charge is 2.40. The second-order valence-electron chi connectivity index (χ2n) is 18.3. The van der Waals surface area contributed by atoms with Crippen LogP contribution in [0.1, 0.15) is 85.6 Å². The Morgan fingerprint density at radius 2 is 1.35 bits per heavy atom.